The van der Waals surface area contributed by atoms with Crippen molar-refractivity contribution in [3.63, 3.8) is 0 Å². The van der Waals surface area contributed by atoms with E-state index in [0.717, 1.165) is 18.4 Å². The highest BCUT2D eigenvalue weighted by Gasteiger charge is 2.50. The smallest absolute Gasteiger partial charge is 0.336 e. The highest BCUT2D eigenvalue weighted by molar-refractivity contribution is 5.91. The van der Waals surface area contributed by atoms with Crippen LogP contribution in [0.25, 0.3) is 0 Å². The van der Waals surface area contributed by atoms with E-state index < -0.39 is 5.79 Å². The number of hydrogen-bond donors (Lipinski definition) is 0. The predicted octanol–water partition coefficient (Wildman–Crippen LogP) is 3.57. The number of piperidine rings is 1. The third-order valence-corrected chi connectivity index (χ3v) is 4.78. The van der Waals surface area contributed by atoms with E-state index in [9.17, 15) is 4.79 Å². The highest BCUT2D eigenvalue weighted by atomic mass is 16.8. The maximum absolute atomic E-state index is 11.8. The molecule has 4 nitrogen and oxygen atoms in total. The number of esters is 1. The van der Waals surface area contributed by atoms with Crippen LogP contribution in [-0.4, -0.2) is 27.9 Å². The van der Waals surface area contributed by atoms with Crippen molar-refractivity contribution in [2.24, 2.45) is 0 Å². The molecule has 0 aromatic heterocycles. The molecule has 0 aromatic carbocycles. The molecule has 2 heterocycles. The Labute approximate surface area is 122 Å². The second-order valence-electron chi connectivity index (χ2n) is 7.45. The van der Waals surface area contributed by atoms with E-state index in [4.69, 9.17) is 9.57 Å². The molecule has 2 rings (SSSR count). The lowest BCUT2D eigenvalue weighted by Crippen LogP contribution is -2.61. The third-order valence-electron chi connectivity index (χ3n) is 4.78. The third kappa shape index (κ3) is 2.40. The summed E-state index contributed by atoms with van der Waals surface area (Å²) in [6, 6.07) is 0. The molecule has 2 aliphatic heterocycles. The number of rotatable bonds is 2. The Morgan fingerprint density at radius 3 is 1.95 bits per heavy atom. The van der Waals surface area contributed by atoms with E-state index in [0.29, 0.717) is 5.57 Å². The molecule has 1 atom stereocenters. The first-order chi connectivity index (χ1) is 9.00. The van der Waals surface area contributed by atoms with Gasteiger partial charge in [-0.2, -0.15) is 5.06 Å². The summed E-state index contributed by atoms with van der Waals surface area (Å²) in [5.74, 6) is -1.26. The van der Waals surface area contributed by atoms with Crippen LogP contribution >= 0.6 is 0 Å². The highest BCUT2D eigenvalue weighted by Crippen LogP contribution is 2.43. The molecule has 0 radical (unpaired) electrons. The number of cyclic esters (lactones) is 1. The standard InChI is InChI=1S/C16H27NO3/c1-11-12(2)16(7,19-13(11)18)20-17-14(3,4)9-8-10-15(17,5)6/h8-10H2,1-7H3. The minimum Gasteiger partial charge on any atom is -0.424 e. The number of carbonyl (C=O) groups is 1. The molecule has 0 spiro atoms. The number of ether oxygens (including phenoxy) is 1. The van der Waals surface area contributed by atoms with E-state index in [1.165, 1.54) is 6.42 Å². The average molecular weight is 281 g/mol. The molecule has 0 amide bonds. The van der Waals surface area contributed by atoms with E-state index in [2.05, 4.69) is 27.7 Å². The number of hydroxylamine groups is 2. The Morgan fingerprint density at radius 2 is 1.55 bits per heavy atom. The largest absolute Gasteiger partial charge is 0.424 e. The van der Waals surface area contributed by atoms with Crippen LogP contribution in [0.1, 0.15) is 67.7 Å². The molecule has 0 saturated carbocycles. The molecular weight excluding hydrogens is 254 g/mol. The average Bonchev–Trinajstić information content (AvgIpc) is 2.49. The van der Waals surface area contributed by atoms with Gasteiger partial charge in [-0.1, -0.05) is 0 Å². The maximum Gasteiger partial charge on any atom is 0.336 e. The molecule has 2 aliphatic rings. The summed E-state index contributed by atoms with van der Waals surface area (Å²) in [7, 11) is 0. The molecule has 0 aliphatic carbocycles. The molecule has 1 unspecified atom stereocenters. The summed E-state index contributed by atoms with van der Waals surface area (Å²) < 4.78 is 5.49. The van der Waals surface area contributed by atoms with Gasteiger partial charge >= 0.3 is 5.97 Å². The summed E-state index contributed by atoms with van der Waals surface area (Å²) in [6.45, 7) is 14.3. The Morgan fingerprint density at radius 1 is 1.05 bits per heavy atom. The van der Waals surface area contributed by atoms with Gasteiger partial charge in [-0.25, -0.2) is 9.63 Å². The monoisotopic (exact) mass is 281 g/mol. The number of carbonyl (C=O) groups excluding carboxylic acids is 1. The Kier molecular flexibility index (Phi) is 3.54. The van der Waals surface area contributed by atoms with Crippen molar-refractivity contribution in [2.45, 2.75) is 84.6 Å². The molecule has 1 saturated heterocycles. The molecule has 0 aromatic rings. The van der Waals surface area contributed by atoms with Gasteiger partial charge in [0.25, 0.3) is 5.79 Å². The van der Waals surface area contributed by atoms with Crippen molar-refractivity contribution in [3.05, 3.63) is 11.1 Å². The lowest BCUT2D eigenvalue weighted by molar-refractivity contribution is -0.369. The fraction of sp³-hybridized carbons (Fsp3) is 0.812. The van der Waals surface area contributed by atoms with Crippen LogP contribution < -0.4 is 0 Å². The molecule has 0 N–H and O–H groups in total. The zero-order valence-electron chi connectivity index (χ0n) is 13.8. The predicted molar refractivity (Wildman–Crippen MR) is 77.8 cm³/mol. The first-order valence-corrected chi connectivity index (χ1v) is 7.40. The molecule has 114 valence electrons. The van der Waals surface area contributed by atoms with Gasteiger partial charge in [-0.3, -0.25) is 0 Å². The van der Waals surface area contributed by atoms with Crippen LogP contribution in [0.4, 0.5) is 0 Å². The second-order valence-corrected chi connectivity index (χ2v) is 7.45. The van der Waals surface area contributed by atoms with Crippen molar-refractivity contribution in [3.8, 4) is 0 Å². The van der Waals surface area contributed by atoms with Gasteiger partial charge in [0.2, 0.25) is 0 Å². The zero-order valence-corrected chi connectivity index (χ0v) is 13.8. The van der Waals surface area contributed by atoms with Crippen LogP contribution in [0.2, 0.25) is 0 Å². The Hall–Kier alpha value is -0.870. The first kappa shape index (κ1) is 15.5. The summed E-state index contributed by atoms with van der Waals surface area (Å²) in [5, 5.41) is 2.04. The van der Waals surface area contributed by atoms with Gasteiger partial charge in [0.1, 0.15) is 0 Å². The van der Waals surface area contributed by atoms with Crippen LogP contribution in [-0.2, 0) is 14.4 Å². The van der Waals surface area contributed by atoms with Crippen LogP contribution in [0.15, 0.2) is 11.1 Å². The van der Waals surface area contributed by atoms with Crippen molar-refractivity contribution < 1.29 is 14.4 Å². The number of nitrogens with zero attached hydrogens (tertiary/aromatic N) is 1. The minimum absolute atomic E-state index is 0.0755. The SMILES string of the molecule is CC1=C(C)C(C)(ON2C(C)(C)CCCC2(C)C)OC1=O. The maximum atomic E-state index is 11.8. The minimum atomic E-state index is -0.979. The van der Waals surface area contributed by atoms with E-state index in [1.807, 2.05) is 18.9 Å². The van der Waals surface area contributed by atoms with Gasteiger partial charge < -0.3 is 4.74 Å². The van der Waals surface area contributed by atoms with Crippen molar-refractivity contribution in [1.29, 1.82) is 0 Å². The lowest BCUT2D eigenvalue weighted by Gasteiger charge is -2.53. The summed E-state index contributed by atoms with van der Waals surface area (Å²) in [4.78, 5) is 18.0. The van der Waals surface area contributed by atoms with Crippen LogP contribution in [0, 0.1) is 0 Å². The van der Waals surface area contributed by atoms with Crippen molar-refractivity contribution in [2.75, 3.05) is 0 Å². The quantitative estimate of drug-likeness (QED) is 0.725. The van der Waals surface area contributed by atoms with E-state index in [1.54, 1.807) is 6.92 Å². The summed E-state index contributed by atoms with van der Waals surface area (Å²) in [6.07, 6.45) is 3.33. The Balaban J connectivity index is 2.30. The Bertz CT molecular complexity index is 448. The van der Waals surface area contributed by atoms with Gasteiger partial charge in [-0.05, 0) is 60.8 Å². The fourth-order valence-corrected chi connectivity index (χ4v) is 3.31. The number of hydrogen-bond acceptors (Lipinski definition) is 4. The first-order valence-electron chi connectivity index (χ1n) is 7.40. The molecule has 4 heteroatoms. The van der Waals surface area contributed by atoms with Gasteiger partial charge in [0.15, 0.2) is 0 Å². The molecular formula is C16H27NO3. The van der Waals surface area contributed by atoms with Gasteiger partial charge in [0, 0.05) is 29.1 Å². The summed E-state index contributed by atoms with van der Waals surface area (Å²) in [5.41, 5.74) is 1.36. The lowest BCUT2D eigenvalue weighted by atomic mass is 9.82. The van der Waals surface area contributed by atoms with Gasteiger partial charge in [-0.15, -0.1) is 0 Å². The van der Waals surface area contributed by atoms with Crippen LogP contribution in [0.3, 0.4) is 0 Å². The zero-order chi connectivity index (χ0) is 15.3. The fourth-order valence-electron chi connectivity index (χ4n) is 3.31. The molecule has 0 bridgehead atoms. The van der Waals surface area contributed by atoms with E-state index >= 15 is 0 Å². The van der Waals surface area contributed by atoms with Crippen molar-refractivity contribution in [1.82, 2.24) is 5.06 Å². The van der Waals surface area contributed by atoms with Crippen molar-refractivity contribution >= 4 is 5.97 Å². The molecule has 1 fully saturated rings. The second kappa shape index (κ2) is 4.57. The van der Waals surface area contributed by atoms with E-state index in [-0.39, 0.29) is 17.0 Å². The van der Waals surface area contributed by atoms with Gasteiger partial charge in [0.05, 0.1) is 0 Å². The topological polar surface area (TPSA) is 38.8 Å². The summed E-state index contributed by atoms with van der Waals surface area (Å²) >= 11 is 0. The molecule has 20 heavy (non-hydrogen) atoms. The van der Waals surface area contributed by atoms with Crippen LogP contribution in [0.5, 0.6) is 0 Å². The normalized spacial score (nSPS) is 33.5.